The van der Waals surface area contributed by atoms with Crippen LogP contribution in [0.5, 0.6) is 5.75 Å². The third kappa shape index (κ3) is 3.51. The van der Waals surface area contributed by atoms with Crippen molar-refractivity contribution in [1.29, 1.82) is 0 Å². The zero-order valence-corrected chi connectivity index (χ0v) is 15.3. The van der Waals surface area contributed by atoms with Crippen molar-refractivity contribution in [3.05, 3.63) is 46.1 Å². The highest BCUT2D eigenvalue weighted by Crippen LogP contribution is 2.24. The number of hydrogen-bond acceptors (Lipinski definition) is 5. The van der Waals surface area contributed by atoms with Gasteiger partial charge < -0.3 is 14.5 Å². The predicted molar refractivity (Wildman–Crippen MR) is 95.6 cm³/mol. The summed E-state index contributed by atoms with van der Waals surface area (Å²) in [4.78, 5) is 16.8. The molecule has 0 unspecified atom stereocenters. The van der Waals surface area contributed by atoms with Crippen molar-refractivity contribution in [2.75, 3.05) is 38.2 Å². The number of aryl methyl sites for hydroxylation is 1. The van der Waals surface area contributed by atoms with Crippen molar-refractivity contribution in [2.45, 2.75) is 6.92 Å². The molecule has 0 bridgehead atoms. The SMILES string of the molecule is COc1ccc(Br)c(C(=O)N2CCN(c3ccc(C)nn3)CC2)c1. The average Bonchev–Trinajstić information content (AvgIpc) is 2.62. The van der Waals surface area contributed by atoms with E-state index in [2.05, 4.69) is 31.0 Å². The fraction of sp³-hybridized carbons (Fsp3) is 0.353. The molecule has 1 aliphatic rings. The summed E-state index contributed by atoms with van der Waals surface area (Å²) in [5, 5.41) is 8.31. The first kappa shape index (κ1) is 16.7. The number of ether oxygens (including phenoxy) is 1. The maximum atomic E-state index is 12.8. The second-order valence-corrected chi connectivity index (χ2v) is 6.51. The lowest BCUT2D eigenvalue weighted by Gasteiger charge is -2.35. The highest BCUT2D eigenvalue weighted by atomic mass is 79.9. The summed E-state index contributed by atoms with van der Waals surface area (Å²) < 4.78 is 5.99. The van der Waals surface area contributed by atoms with Gasteiger partial charge in [-0.05, 0) is 53.2 Å². The molecule has 1 amide bonds. The van der Waals surface area contributed by atoms with E-state index in [0.29, 0.717) is 24.4 Å². The van der Waals surface area contributed by atoms with E-state index >= 15 is 0 Å². The van der Waals surface area contributed by atoms with Gasteiger partial charge in [0.1, 0.15) is 5.75 Å². The lowest BCUT2D eigenvalue weighted by Crippen LogP contribution is -2.49. The Morgan fingerprint density at radius 1 is 1.12 bits per heavy atom. The van der Waals surface area contributed by atoms with Crippen molar-refractivity contribution < 1.29 is 9.53 Å². The molecule has 1 aromatic heterocycles. The lowest BCUT2D eigenvalue weighted by atomic mass is 10.1. The van der Waals surface area contributed by atoms with Gasteiger partial charge in [0.2, 0.25) is 0 Å². The van der Waals surface area contributed by atoms with Crippen LogP contribution in [-0.2, 0) is 0 Å². The van der Waals surface area contributed by atoms with E-state index in [1.807, 2.05) is 36.1 Å². The number of methoxy groups -OCH3 is 1. The molecule has 0 atom stereocenters. The molecule has 1 aromatic carbocycles. The van der Waals surface area contributed by atoms with E-state index in [4.69, 9.17) is 4.74 Å². The Labute approximate surface area is 149 Å². The fourth-order valence-electron chi connectivity index (χ4n) is 2.66. The van der Waals surface area contributed by atoms with Crippen molar-refractivity contribution >= 4 is 27.7 Å². The first-order valence-electron chi connectivity index (χ1n) is 7.76. The van der Waals surface area contributed by atoms with E-state index in [9.17, 15) is 4.79 Å². The van der Waals surface area contributed by atoms with Gasteiger partial charge in [0, 0.05) is 30.7 Å². The molecule has 0 saturated carbocycles. The molecule has 24 heavy (non-hydrogen) atoms. The quantitative estimate of drug-likeness (QED) is 0.805. The minimum atomic E-state index is 0.00964. The minimum Gasteiger partial charge on any atom is -0.497 e. The van der Waals surface area contributed by atoms with Crippen LogP contribution in [0.1, 0.15) is 16.1 Å². The molecule has 126 valence electrons. The number of carbonyl (C=O) groups excluding carboxylic acids is 1. The van der Waals surface area contributed by atoms with Gasteiger partial charge in [-0.15, -0.1) is 5.10 Å². The Morgan fingerprint density at radius 3 is 2.50 bits per heavy atom. The monoisotopic (exact) mass is 390 g/mol. The smallest absolute Gasteiger partial charge is 0.255 e. The molecule has 2 aromatic rings. The third-order valence-corrected chi connectivity index (χ3v) is 4.77. The van der Waals surface area contributed by atoms with Gasteiger partial charge in [0.15, 0.2) is 5.82 Å². The van der Waals surface area contributed by atoms with E-state index < -0.39 is 0 Å². The maximum Gasteiger partial charge on any atom is 0.255 e. The molecule has 1 aliphatic heterocycles. The van der Waals surface area contributed by atoms with Crippen LogP contribution in [0.4, 0.5) is 5.82 Å². The van der Waals surface area contributed by atoms with Crippen molar-refractivity contribution in [3.8, 4) is 5.75 Å². The largest absolute Gasteiger partial charge is 0.497 e. The normalized spacial score (nSPS) is 14.6. The molecule has 0 aliphatic carbocycles. The zero-order chi connectivity index (χ0) is 17.1. The second kappa shape index (κ2) is 7.17. The molecule has 3 rings (SSSR count). The van der Waals surface area contributed by atoms with Crippen LogP contribution in [0.15, 0.2) is 34.8 Å². The Balaban J connectivity index is 1.68. The number of halogens is 1. The van der Waals surface area contributed by atoms with Crippen LogP contribution in [0.25, 0.3) is 0 Å². The fourth-order valence-corrected chi connectivity index (χ4v) is 3.08. The van der Waals surface area contributed by atoms with Crippen LogP contribution < -0.4 is 9.64 Å². The number of carbonyl (C=O) groups is 1. The zero-order valence-electron chi connectivity index (χ0n) is 13.7. The van der Waals surface area contributed by atoms with Crippen LogP contribution in [-0.4, -0.2) is 54.3 Å². The van der Waals surface area contributed by atoms with Gasteiger partial charge in [-0.25, -0.2) is 0 Å². The van der Waals surface area contributed by atoms with Gasteiger partial charge in [0.05, 0.1) is 18.4 Å². The topological polar surface area (TPSA) is 58.6 Å². The molecular weight excluding hydrogens is 372 g/mol. The molecule has 7 heteroatoms. The van der Waals surface area contributed by atoms with Crippen LogP contribution in [0.3, 0.4) is 0 Å². The number of aromatic nitrogens is 2. The molecule has 6 nitrogen and oxygen atoms in total. The summed E-state index contributed by atoms with van der Waals surface area (Å²) in [6.45, 7) is 4.70. The van der Waals surface area contributed by atoms with Crippen molar-refractivity contribution in [1.82, 2.24) is 15.1 Å². The highest BCUT2D eigenvalue weighted by molar-refractivity contribution is 9.10. The number of amides is 1. The molecule has 1 fully saturated rings. The van der Waals surface area contributed by atoms with E-state index in [0.717, 1.165) is 29.1 Å². The van der Waals surface area contributed by atoms with Gasteiger partial charge in [0.25, 0.3) is 5.91 Å². The summed E-state index contributed by atoms with van der Waals surface area (Å²) in [6.07, 6.45) is 0. The molecule has 2 heterocycles. The van der Waals surface area contributed by atoms with Crippen molar-refractivity contribution in [2.24, 2.45) is 0 Å². The minimum absolute atomic E-state index is 0.00964. The predicted octanol–water partition coefficient (Wildman–Crippen LogP) is 2.52. The van der Waals surface area contributed by atoms with Gasteiger partial charge in [-0.2, -0.15) is 5.10 Å². The first-order chi connectivity index (χ1) is 11.6. The Morgan fingerprint density at radius 2 is 1.88 bits per heavy atom. The lowest BCUT2D eigenvalue weighted by molar-refractivity contribution is 0.0745. The van der Waals surface area contributed by atoms with Gasteiger partial charge in [-0.1, -0.05) is 0 Å². The van der Waals surface area contributed by atoms with Gasteiger partial charge >= 0.3 is 0 Å². The molecule has 0 spiro atoms. The summed E-state index contributed by atoms with van der Waals surface area (Å²) in [6, 6.07) is 9.36. The number of rotatable bonds is 3. The Hall–Kier alpha value is -2.15. The molecule has 0 N–H and O–H groups in total. The molecular formula is C17H19BrN4O2. The summed E-state index contributed by atoms with van der Waals surface area (Å²) in [7, 11) is 1.60. The van der Waals surface area contributed by atoms with Gasteiger partial charge in [-0.3, -0.25) is 4.79 Å². The number of benzene rings is 1. The maximum absolute atomic E-state index is 12.8. The Kier molecular flexibility index (Phi) is 4.99. The van der Waals surface area contributed by atoms with Crippen LogP contribution in [0, 0.1) is 6.92 Å². The first-order valence-corrected chi connectivity index (χ1v) is 8.56. The summed E-state index contributed by atoms with van der Waals surface area (Å²) in [5.41, 5.74) is 1.52. The van der Waals surface area contributed by atoms with Crippen LogP contribution >= 0.6 is 15.9 Å². The molecule has 0 radical (unpaired) electrons. The number of hydrogen-bond donors (Lipinski definition) is 0. The summed E-state index contributed by atoms with van der Waals surface area (Å²) in [5.74, 6) is 1.54. The molecule has 1 saturated heterocycles. The Bertz CT molecular complexity index is 728. The second-order valence-electron chi connectivity index (χ2n) is 5.66. The third-order valence-electron chi connectivity index (χ3n) is 4.08. The standard InChI is InChI=1S/C17H19BrN4O2/c1-12-3-6-16(20-19-12)21-7-9-22(10-8-21)17(23)14-11-13(24-2)4-5-15(14)18/h3-6,11H,7-10H2,1-2H3. The average molecular weight is 391 g/mol. The van der Waals surface area contributed by atoms with Crippen molar-refractivity contribution in [3.63, 3.8) is 0 Å². The van der Waals surface area contributed by atoms with Crippen LogP contribution in [0.2, 0.25) is 0 Å². The van der Waals surface area contributed by atoms with E-state index in [1.54, 1.807) is 13.2 Å². The number of nitrogens with zero attached hydrogens (tertiary/aromatic N) is 4. The summed E-state index contributed by atoms with van der Waals surface area (Å²) >= 11 is 3.45. The highest BCUT2D eigenvalue weighted by Gasteiger charge is 2.24. The van der Waals surface area contributed by atoms with E-state index in [-0.39, 0.29) is 5.91 Å². The van der Waals surface area contributed by atoms with E-state index in [1.165, 1.54) is 0 Å². The number of anilines is 1. The number of piperazine rings is 1.